The molecule has 0 aliphatic carbocycles. The average molecular weight is 337 g/mol. The molecule has 1 atom stereocenters. The third kappa shape index (κ3) is 3.17. The van der Waals surface area contributed by atoms with Crippen molar-refractivity contribution in [1.82, 2.24) is 24.4 Å². The lowest BCUT2D eigenvalue weighted by atomic mass is 10.2. The summed E-state index contributed by atoms with van der Waals surface area (Å²) in [7, 11) is 0. The summed E-state index contributed by atoms with van der Waals surface area (Å²) in [6, 6.07) is 6.05. The highest BCUT2D eigenvalue weighted by Gasteiger charge is 2.27. The number of imidazole rings is 1. The normalized spacial score (nSPS) is 17.9. The molecule has 3 aromatic heterocycles. The second-order valence-corrected chi connectivity index (χ2v) is 6.48. The maximum atomic E-state index is 13.9. The molecule has 0 amide bonds. The van der Waals surface area contributed by atoms with E-state index in [1.807, 2.05) is 24.5 Å². The molecule has 128 valence electrons. The highest BCUT2D eigenvalue weighted by atomic mass is 19.1. The van der Waals surface area contributed by atoms with Gasteiger partial charge in [-0.25, -0.2) is 9.37 Å². The van der Waals surface area contributed by atoms with Crippen molar-refractivity contribution >= 4 is 0 Å². The molecule has 25 heavy (non-hydrogen) atoms. The van der Waals surface area contributed by atoms with Crippen molar-refractivity contribution in [2.45, 2.75) is 25.9 Å². The molecule has 4 rings (SSSR count). The van der Waals surface area contributed by atoms with E-state index in [9.17, 15) is 4.39 Å². The molecule has 1 fully saturated rings. The Morgan fingerprint density at radius 3 is 2.84 bits per heavy atom. The Balaban J connectivity index is 1.55. The molecule has 1 unspecified atom stereocenters. The summed E-state index contributed by atoms with van der Waals surface area (Å²) in [6.45, 7) is 4.52. The minimum Gasteiger partial charge on any atom is -0.324 e. The summed E-state index contributed by atoms with van der Waals surface area (Å²) in [4.78, 5) is 14.9. The van der Waals surface area contributed by atoms with E-state index >= 15 is 0 Å². The van der Waals surface area contributed by atoms with Crippen molar-refractivity contribution in [1.29, 1.82) is 0 Å². The van der Waals surface area contributed by atoms with Crippen LogP contribution in [0.1, 0.15) is 23.7 Å². The fraction of sp³-hybridized carbons (Fsp3) is 0.316. The largest absolute Gasteiger partial charge is 0.324 e. The van der Waals surface area contributed by atoms with Crippen LogP contribution in [0.3, 0.4) is 0 Å². The zero-order chi connectivity index (χ0) is 17.2. The predicted octanol–water partition coefficient (Wildman–Crippen LogP) is 3.23. The molecule has 1 aliphatic heterocycles. The highest BCUT2D eigenvalue weighted by Crippen LogP contribution is 2.30. The molecule has 1 saturated heterocycles. The van der Waals surface area contributed by atoms with E-state index in [-0.39, 0.29) is 5.82 Å². The average Bonchev–Trinajstić information content (AvgIpc) is 3.24. The number of pyridine rings is 2. The second kappa shape index (κ2) is 6.72. The van der Waals surface area contributed by atoms with Gasteiger partial charge in [-0.05, 0) is 31.5 Å². The highest BCUT2D eigenvalue weighted by molar-refractivity contribution is 5.54. The van der Waals surface area contributed by atoms with Crippen molar-refractivity contribution < 1.29 is 4.39 Å². The van der Waals surface area contributed by atoms with Crippen molar-refractivity contribution in [2.75, 3.05) is 13.1 Å². The number of nitrogens with zero attached hydrogens (tertiary/aromatic N) is 5. The van der Waals surface area contributed by atoms with Crippen LogP contribution >= 0.6 is 0 Å². The van der Waals surface area contributed by atoms with Crippen LogP contribution < -0.4 is 0 Å². The molecule has 0 spiro atoms. The van der Waals surface area contributed by atoms with E-state index in [0.29, 0.717) is 18.2 Å². The molecule has 0 N–H and O–H groups in total. The van der Waals surface area contributed by atoms with E-state index in [0.717, 1.165) is 36.6 Å². The third-order valence-electron chi connectivity index (χ3n) is 4.76. The Kier molecular flexibility index (Phi) is 4.28. The van der Waals surface area contributed by atoms with Gasteiger partial charge in [0.05, 0.1) is 6.20 Å². The van der Waals surface area contributed by atoms with Crippen molar-refractivity contribution in [3.8, 4) is 11.4 Å². The minimum atomic E-state index is -0.235. The lowest BCUT2D eigenvalue weighted by Gasteiger charge is -2.19. The molecule has 0 radical (unpaired) electrons. The van der Waals surface area contributed by atoms with Gasteiger partial charge in [0.2, 0.25) is 0 Å². The van der Waals surface area contributed by atoms with Gasteiger partial charge in [0, 0.05) is 67.3 Å². The van der Waals surface area contributed by atoms with Crippen molar-refractivity contribution in [3.05, 3.63) is 66.3 Å². The van der Waals surface area contributed by atoms with Crippen LogP contribution in [0.5, 0.6) is 0 Å². The van der Waals surface area contributed by atoms with Gasteiger partial charge in [-0.2, -0.15) is 0 Å². The summed E-state index contributed by atoms with van der Waals surface area (Å²) in [6.07, 6.45) is 9.47. The Labute approximate surface area is 146 Å². The molecule has 0 bridgehead atoms. The molecule has 3 aromatic rings. The SMILES string of the molecule is Cc1cnc(-c2cccnc2)n1C1CCN(Cc2ccncc2F)C1. The summed E-state index contributed by atoms with van der Waals surface area (Å²) in [5.41, 5.74) is 2.86. The summed E-state index contributed by atoms with van der Waals surface area (Å²) < 4.78 is 16.1. The molecule has 5 nitrogen and oxygen atoms in total. The number of rotatable bonds is 4. The first kappa shape index (κ1) is 15.9. The van der Waals surface area contributed by atoms with Gasteiger partial charge < -0.3 is 4.57 Å². The summed E-state index contributed by atoms with van der Waals surface area (Å²) in [5, 5.41) is 0. The third-order valence-corrected chi connectivity index (χ3v) is 4.76. The second-order valence-electron chi connectivity index (χ2n) is 6.48. The smallest absolute Gasteiger partial charge is 0.145 e. The van der Waals surface area contributed by atoms with E-state index in [1.165, 1.54) is 6.20 Å². The van der Waals surface area contributed by atoms with Gasteiger partial charge in [0.25, 0.3) is 0 Å². The molecule has 1 aliphatic rings. The van der Waals surface area contributed by atoms with Crippen LogP contribution in [0.2, 0.25) is 0 Å². The molecular weight excluding hydrogens is 317 g/mol. The Morgan fingerprint density at radius 1 is 1.16 bits per heavy atom. The Morgan fingerprint density at radius 2 is 2.04 bits per heavy atom. The lowest BCUT2D eigenvalue weighted by molar-refractivity contribution is 0.310. The number of aromatic nitrogens is 4. The van der Waals surface area contributed by atoms with Crippen LogP contribution in [0.4, 0.5) is 4.39 Å². The summed E-state index contributed by atoms with van der Waals surface area (Å²) in [5.74, 6) is 0.716. The van der Waals surface area contributed by atoms with Crippen LogP contribution in [-0.4, -0.2) is 37.5 Å². The molecule has 6 heteroatoms. The van der Waals surface area contributed by atoms with Gasteiger partial charge in [-0.3, -0.25) is 14.9 Å². The van der Waals surface area contributed by atoms with Crippen LogP contribution in [0.15, 0.2) is 49.2 Å². The lowest BCUT2D eigenvalue weighted by Crippen LogP contribution is -2.22. The van der Waals surface area contributed by atoms with Crippen LogP contribution in [0.25, 0.3) is 11.4 Å². The topological polar surface area (TPSA) is 46.8 Å². The first-order valence-electron chi connectivity index (χ1n) is 8.47. The minimum absolute atomic E-state index is 0.235. The van der Waals surface area contributed by atoms with Crippen LogP contribution in [0, 0.1) is 12.7 Å². The molecule has 0 saturated carbocycles. The fourth-order valence-electron chi connectivity index (χ4n) is 3.56. The van der Waals surface area contributed by atoms with E-state index in [2.05, 4.69) is 31.3 Å². The van der Waals surface area contributed by atoms with Crippen LogP contribution in [-0.2, 0) is 6.54 Å². The molecule has 0 aromatic carbocycles. The first-order valence-corrected chi connectivity index (χ1v) is 8.47. The summed E-state index contributed by atoms with van der Waals surface area (Å²) >= 11 is 0. The molecular formula is C19H20FN5. The maximum absolute atomic E-state index is 13.9. The molecule has 4 heterocycles. The standard InChI is InChI=1S/C19H20FN5/c1-14-9-23-19(15-3-2-6-21-10-15)25(14)17-5-8-24(13-17)12-16-4-7-22-11-18(16)20/h2-4,6-7,9-11,17H,5,8,12-13H2,1H3. The van der Waals surface area contributed by atoms with Gasteiger partial charge in [-0.15, -0.1) is 0 Å². The Bertz CT molecular complexity index is 861. The Hall–Kier alpha value is -2.60. The van der Waals surface area contributed by atoms with Crippen molar-refractivity contribution in [2.24, 2.45) is 0 Å². The fourth-order valence-corrected chi connectivity index (χ4v) is 3.56. The van der Waals surface area contributed by atoms with Crippen molar-refractivity contribution in [3.63, 3.8) is 0 Å². The quantitative estimate of drug-likeness (QED) is 0.733. The zero-order valence-corrected chi connectivity index (χ0v) is 14.1. The predicted molar refractivity (Wildman–Crippen MR) is 93.3 cm³/mol. The van der Waals surface area contributed by atoms with Gasteiger partial charge in [-0.1, -0.05) is 0 Å². The number of halogens is 1. The number of aryl methyl sites for hydroxylation is 1. The van der Waals surface area contributed by atoms with Gasteiger partial charge >= 0.3 is 0 Å². The number of hydrogen-bond donors (Lipinski definition) is 0. The van der Waals surface area contributed by atoms with E-state index in [1.54, 1.807) is 18.5 Å². The van der Waals surface area contributed by atoms with E-state index < -0.39 is 0 Å². The maximum Gasteiger partial charge on any atom is 0.145 e. The number of likely N-dealkylation sites (tertiary alicyclic amines) is 1. The first-order chi connectivity index (χ1) is 12.2. The van der Waals surface area contributed by atoms with Gasteiger partial charge in [0.15, 0.2) is 0 Å². The monoisotopic (exact) mass is 337 g/mol. The van der Waals surface area contributed by atoms with Gasteiger partial charge in [0.1, 0.15) is 11.6 Å². The zero-order valence-electron chi connectivity index (χ0n) is 14.1. The van der Waals surface area contributed by atoms with E-state index in [4.69, 9.17) is 0 Å². The number of hydrogen-bond acceptors (Lipinski definition) is 4.